The fourth-order valence-electron chi connectivity index (χ4n) is 4.06. The number of nitrogens with zero attached hydrogens (tertiary/aromatic N) is 4. The van der Waals surface area contributed by atoms with Gasteiger partial charge in [-0.25, -0.2) is 4.57 Å². The molecule has 248 valence electrons. The van der Waals surface area contributed by atoms with Crippen molar-refractivity contribution >= 4 is 27.8 Å². The van der Waals surface area contributed by atoms with E-state index in [0.29, 0.717) is 90.7 Å². The Labute approximate surface area is 270 Å². The maximum atomic E-state index is 8.61. The molecule has 0 amide bonds. The van der Waals surface area contributed by atoms with Crippen molar-refractivity contribution in [3.8, 4) is 11.5 Å². The Bertz CT molecular complexity index is 1280. The smallest absolute Gasteiger partial charge is 0.408 e. The lowest BCUT2D eigenvalue weighted by molar-refractivity contribution is -0.654. The van der Waals surface area contributed by atoms with Crippen molar-refractivity contribution in [2.75, 3.05) is 98.3 Å². The third-order valence-electron chi connectivity index (χ3n) is 6.48. The van der Waals surface area contributed by atoms with E-state index in [0.717, 1.165) is 27.6 Å². The van der Waals surface area contributed by atoms with Gasteiger partial charge < -0.3 is 43.2 Å². The number of aliphatic hydroxyl groups excluding tert-OH is 1. The van der Waals surface area contributed by atoms with Crippen molar-refractivity contribution in [2.24, 2.45) is 17.3 Å². The van der Waals surface area contributed by atoms with E-state index >= 15 is 0 Å². The number of aliphatic hydroxyl groups is 1. The molecule has 0 aliphatic rings. The van der Waals surface area contributed by atoms with E-state index in [1.165, 1.54) is 0 Å². The van der Waals surface area contributed by atoms with E-state index in [2.05, 4.69) is 34.3 Å². The van der Waals surface area contributed by atoms with Crippen LogP contribution in [-0.2, 0) is 37.3 Å². The molecule has 1 N–H and O–H groups in total. The second kappa shape index (κ2) is 21.5. The highest BCUT2D eigenvalue weighted by Crippen LogP contribution is 2.30. The van der Waals surface area contributed by atoms with Crippen LogP contribution in [0.4, 0.5) is 16.5 Å². The van der Waals surface area contributed by atoms with Crippen LogP contribution in [0.25, 0.3) is 0 Å². The quantitative estimate of drug-likeness (QED) is 0.0858. The highest BCUT2D eigenvalue weighted by molar-refractivity contribution is 7.12. The molecular formula is C32H47N4O8S+. The molecule has 3 rings (SSSR count). The van der Waals surface area contributed by atoms with Gasteiger partial charge in [0.15, 0.2) is 11.5 Å². The first-order valence-corrected chi connectivity index (χ1v) is 15.9. The number of anilines is 1. The average Bonchev–Trinajstić information content (AvgIpc) is 3.46. The van der Waals surface area contributed by atoms with Crippen LogP contribution in [0.5, 0.6) is 11.5 Å². The summed E-state index contributed by atoms with van der Waals surface area (Å²) >= 11 is 1.55. The zero-order valence-electron chi connectivity index (χ0n) is 26.8. The van der Waals surface area contributed by atoms with Crippen LogP contribution in [-0.4, -0.2) is 98.5 Å². The number of benzene rings is 2. The van der Waals surface area contributed by atoms with Gasteiger partial charge in [0.1, 0.15) is 18.5 Å². The number of rotatable bonds is 24. The number of hydrogen-bond donors (Lipinski definition) is 1. The molecule has 3 aromatic rings. The third-order valence-corrected chi connectivity index (χ3v) is 7.32. The molecule has 45 heavy (non-hydrogen) atoms. The summed E-state index contributed by atoms with van der Waals surface area (Å²) in [6.45, 7) is 7.81. The van der Waals surface area contributed by atoms with Gasteiger partial charge in [0.05, 0.1) is 91.9 Å². The van der Waals surface area contributed by atoms with Crippen LogP contribution in [0.15, 0.2) is 58.2 Å². The third kappa shape index (κ3) is 13.8. The van der Waals surface area contributed by atoms with Crippen molar-refractivity contribution in [3.05, 3.63) is 59.1 Å². The Morgan fingerprint density at radius 3 is 1.96 bits per heavy atom. The van der Waals surface area contributed by atoms with E-state index in [9.17, 15) is 0 Å². The molecule has 1 heterocycles. The fourth-order valence-corrected chi connectivity index (χ4v) is 4.74. The van der Waals surface area contributed by atoms with Gasteiger partial charge >= 0.3 is 5.13 Å². The minimum absolute atomic E-state index is 0.0223. The first kappa shape index (κ1) is 36.3. The van der Waals surface area contributed by atoms with Crippen molar-refractivity contribution in [1.82, 2.24) is 0 Å². The summed E-state index contributed by atoms with van der Waals surface area (Å²) in [6, 6.07) is 12.1. The molecule has 0 saturated heterocycles. The second-order valence-corrected chi connectivity index (χ2v) is 10.8. The number of ether oxygens (including phenoxy) is 7. The monoisotopic (exact) mass is 647 g/mol. The molecule has 13 heteroatoms. The second-order valence-electron chi connectivity index (χ2n) is 9.94. The zero-order valence-corrected chi connectivity index (χ0v) is 27.6. The highest BCUT2D eigenvalue weighted by atomic mass is 32.1. The Balaban J connectivity index is 1.29. The summed E-state index contributed by atoms with van der Waals surface area (Å²) in [5, 5.41) is 20.3. The van der Waals surface area contributed by atoms with Gasteiger partial charge in [0.25, 0.3) is 0 Å². The number of aryl methyl sites for hydroxylation is 2. The Hall–Kier alpha value is -3.17. The standard InChI is InChI=1S/C32H47N4O8S/c1-26-23-28(6-7-29(26)33-34-32-35(2)9-22-45-32)36(3)25-27-5-8-30(31(24-27)38-4)44-21-20-43-19-18-42-17-16-41-15-14-40-13-12-39-11-10-37/h5-9,22-24,37H,10-21,25H2,1-4H3/q+1. The van der Waals surface area contributed by atoms with Crippen LogP contribution in [0.1, 0.15) is 11.1 Å². The first-order chi connectivity index (χ1) is 22.0. The molecule has 0 aliphatic heterocycles. The van der Waals surface area contributed by atoms with Gasteiger partial charge in [-0.3, -0.25) is 0 Å². The van der Waals surface area contributed by atoms with E-state index < -0.39 is 0 Å². The summed E-state index contributed by atoms with van der Waals surface area (Å²) < 4.78 is 40.5. The van der Waals surface area contributed by atoms with Gasteiger partial charge in [-0.2, -0.15) is 0 Å². The van der Waals surface area contributed by atoms with Gasteiger partial charge in [0, 0.05) is 24.7 Å². The largest absolute Gasteiger partial charge is 0.493 e. The SMILES string of the molecule is COc1cc(CN(C)c2ccc(N=Nc3scc[n+]3C)c(C)c2)ccc1OCCOCCOCCOCCOCCOCCO. The molecule has 1 aromatic heterocycles. The molecule has 0 bridgehead atoms. The zero-order chi connectivity index (χ0) is 32.1. The van der Waals surface area contributed by atoms with E-state index in [4.69, 9.17) is 38.3 Å². The van der Waals surface area contributed by atoms with Gasteiger partial charge in [-0.1, -0.05) is 6.07 Å². The predicted molar refractivity (Wildman–Crippen MR) is 173 cm³/mol. The van der Waals surface area contributed by atoms with Crippen LogP contribution in [0, 0.1) is 6.92 Å². The van der Waals surface area contributed by atoms with Crippen LogP contribution in [0.2, 0.25) is 0 Å². The van der Waals surface area contributed by atoms with E-state index in [1.54, 1.807) is 18.4 Å². The molecule has 0 aliphatic carbocycles. The van der Waals surface area contributed by atoms with Gasteiger partial charge in [-0.15, -0.1) is 0 Å². The number of aromatic nitrogens is 1. The topological polar surface area (TPSA) is 117 Å². The van der Waals surface area contributed by atoms with Gasteiger partial charge in [0.2, 0.25) is 0 Å². The highest BCUT2D eigenvalue weighted by Gasteiger charge is 2.11. The number of methoxy groups -OCH3 is 1. The summed E-state index contributed by atoms with van der Waals surface area (Å²) in [4.78, 5) is 2.18. The minimum atomic E-state index is 0.0223. The molecule has 0 spiro atoms. The summed E-state index contributed by atoms with van der Waals surface area (Å²) in [5.41, 5.74) is 4.09. The van der Waals surface area contributed by atoms with Crippen LogP contribution in [0.3, 0.4) is 0 Å². The first-order valence-electron chi connectivity index (χ1n) is 15.0. The summed E-state index contributed by atoms with van der Waals surface area (Å²) in [6.07, 6.45) is 1.96. The Kier molecular flexibility index (Phi) is 17.4. The molecule has 12 nitrogen and oxygen atoms in total. The lowest BCUT2D eigenvalue weighted by atomic mass is 10.1. The Morgan fingerprint density at radius 1 is 0.778 bits per heavy atom. The summed E-state index contributed by atoms with van der Waals surface area (Å²) in [7, 11) is 5.66. The Morgan fingerprint density at radius 2 is 1.40 bits per heavy atom. The van der Waals surface area contributed by atoms with Crippen molar-refractivity contribution in [2.45, 2.75) is 13.5 Å². The maximum absolute atomic E-state index is 8.61. The number of thiazole rings is 1. The maximum Gasteiger partial charge on any atom is 0.408 e. The van der Waals surface area contributed by atoms with E-state index in [1.807, 2.05) is 54.4 Å². The van der Waals surface area contributed by atoms with Gasteiger partial charge in [-0.05, 0) is 64.8 Å². The van der Waals surface area contributed by atoms with E-state index in [-0.39, 0.29) is 6.61 Å². The minimum Gasteiger partial charge on any atom is -0.493 e. The number of hydrogen-bond acceptors (Lipinski definition) is 12. The summed E-state index contributed by atoms with van der Waals surface area (Å²) in [5.74, 6) is 1.35. The number of azo groups is 1. The van der Waals surface area contributed by atoms with Crippen LogP contribution >= 0.6 is 11.3 Å². The lowest BCUT2D eigenvalue weighted by Crippen LogP contribution is -2.23. The molecule has 0 fully saturated rings. The normalized spacial score (nSPS) is 11.4. The van der Waals surface area contributed by atoms with Crippen molar-refractivity contribution in [3.63, 3.8) is 0 Å². The average molecular weight is 648 g/mol. The molecule has 0 radical (unpaired) electrons. The predicted octanol–water partition coefficient (Wildman–Crippen LogP) is 4.40. The fraction of sp³-hybridized carbons (Fsp3) is 0.531. The van der Waals surface area contributed by atoms with Crippen molar-refractivity contribution < 1.29 is 42.8 Å². The molecule has 0 unspecified atom stereocenters. The molecular weight excluding hydrogens is 600 g/mol. The van der Waals surface area contributed by atoms with Crippen molar-refractivity contribution in [1.29, 1.82) is 0 Å². The molecule has 0 saturated carbocycles. The lowest BCUT2D eigenvalue weighted by Gasteiger charge is -2.21. The molecule has 2 aromatic carbocycles. The van der Waals surface area contributed by atoms with Crippen LogP contribution < -0.4 is 18.9 Å². The molecule has 0 atom stereocenters.